The molecule has 112 valence electrons. The Morgan fingerprint density at radius 2 is 2.20 bits per heavy atom. The number of rotatable bonds is 7. The van der Waals surface area contributed by atoms with Gasteiger partial charge in [0.25, 0.3) is 0 Å². The minimum Gasteiger partial charge on any atom is -0.397 e. The number of carbonyl (C=O) groups is 1. The Labute approximate surface area is 126 Å². The molecule has 1 unspecified atom stereocenters. The monoisotopic (exact) mass is 297 g/mol. The third kappa shape index (κ3) is 5.80. The number of carbonyl (C=O) groups excluding carboxylic acids is 1. The van der Waals surface area contributed by atoms with Crippen molar-refractivity contribution >= 4 is 28.9 Å². The highest BCUT2D eigenvalue weighted by Gasteiger charge is 2.09. The van der Waals surface area contributed by atoms with E-state index in [-0.39, 0.29) is 5.91 Å². The lowest BCUT2D eigenvalue weighted by Gasteiger charge is -2.20. The highest BCUT2D eigenvalue weighted by Crippen LogP contribution is 2.22. The summed E-state index contributed by atoms with van der Waals surface area (Å²) < 4.78 is 0. The average molecular weight is 298 g/mol. The van der Waals surface area contributed by atoms with E-state index in [1.807, 2.05) is 7.05 Å². The maximum Gasteiger partial charge on any atom is 0.225 e. The van der Waals surface area contributed by atoms with E-state index in [0.717, 1.165) is 19.5 Å². The van der Waals surface area contributed by atoms with Gasteiger partial charge >= 0.3 is 0 Å². The molecule has 5 heteroatoms. The van der Waals surface area contributed by atoms with Crippen LogP contribution in [0.5, 0.6) is 0 Å². The van der Waals surface area contributed by atoms with Crippen LogP contribution in [0.4, 0.5) is 11.4 Å². The van der Waals surface area contributed by atoms with Crippen molar-refractivity contribution in [1.29, 1.82) is 0 Å². The number of halogens is 1. The fourth-order valence-corrected chi connectivity index (χ4v) is 2.09. The van der Waals surface area contributed by atoms with Crippen LogP contribution in [0.15, 0.2) is 18.2 Å². The molecule has 0 aliphatic rings. The Kier molecular flexibility index (Phi) is 6.82. The molecule has 20 heavy (non-hydrogen) atoms. The van der Waals surface area contributed by atoms with Crippen molar-refractivity contribution in [1.82, 2.24) is 4.90 Å². The molecule has 3 N–H and O–H groups in total. The predicted octanol–water partition coefficient (Wildman–Crippen LogP) is 3.23. The van der Waals surface area contributed by atoms with Crippen LogP contribution in [0.1, 0.15) is 26.7 Å². The predicted molar refractivity (Wildman–Crippen MR) is 86.1 cm³/mol. The van der Waals surface area contributed by atoms with Crippen molar-refractivity contribution < 1.29 is 4.79 Å². The first-order valence-corrected chi connectivity index (χ1v) is 7.33. The van der Waals surface area contributed by atoms with Crippen LogP contribution < -0.4 is 11.1 Å². The van der Waals surface area contributed by atoms with Gasteiger partial charge in [0.05, 0.1) is 11.4 Å². The number of hydrogen-bond donors (Lipinski definition) is 2. The maximum absolute atomic E-state index is 11.9. The lowest BCUT2D eigenvalue weighted by atomic mass is 10.1. The summed E-state index contributed by atoms with van der Waals surface area (Å²) in [7, 11) is 2.04. The molecule has 0 fully saturated rings. The molecule has 0 saturated carbocycles. The van der Waals surface area contributed by atoms with Gasteiger partial charge in [0.15, 0.2) is 0 Å². The third-order valence-electron chi connectivity index (χ3n) is 3.33. The van der Waals surface area contributed by atoms with Crippen molar-refractivity contribution in [3.8, 4) is 0 Å². The van der Waals surface area contributed by atoms with Gasteiger partial charge in [-0.25, -0.2) is 0 Å². The molecule has 0 radical (unpaired) electrons. The zero-order valence-corrected chi connectivity index (χ0v) is 13.2. The summed E-state index contributed by atoms with van der Waals surface area (Å²) in [5.41, 5.74) is 6.90. The van der Waals surface area contributed by atoms with E-state index in [4.69, 9.17) is 17.3 Å². The number of anilines is 2. The van der Waals surface area contributed by atoms with Gasteiger partial charge in [-0.15, -0.1) is 0 Å². The van der Waals surface area contributed by atoms with Crippen LogP contribution in [0.25, 0.3) is 0 Å². The molecular formula is C15H24ClN3O. The zero-order valence-electron chi connectivity index (χ0n) is 12.4. The van der Waals surface area contributed by atoms with E-state index < -0.39 is 0 Å². The Bertz CT molecular complexity index is 451. The van der Waals surface area contributed by atoms with Crippen LogP contribution in [-0.2, 0) is 4.79 Å². The summed E-state index contributed by atoms with van der Waals surface area (Å²) in [5, 5.41) is 3.37. The van der Waals surface area contributed by atoms with E-state index in [2.05, 4.69) is 24.1 Å². The van der Waals surface area contributed by atoms with Gasteiger partial charge in [0, 0.05) is 24.5 Å². The third-order valence-corrected chi connectivity index (χ3v) is 3.56. The second kappa shape index (κ2) is 8.12. The SMILES string of the molecule is CCC(C)CN(C)CCC(=O)Nc1ccc(Cl)cc1N. The summed E-state index contributed by atoms with van der Waals surface area (Å²) in [6.07, 6.45) is 1.60. The highest BCUT2D eigenvalue weighted by atomic mass is 35.5. The number of nitrogens with one attached hydrogen (secondary N) is 1. The molecule has 0 spiro atoms. The van der Waals surface area contributed by atoms with E-state index >= 15 is 0 Å². The largest absolute Gasteiger partial charge is 0.397 e. The first-order chi connectivity index (χ1) is 9.42. The molecule has 0 saturated heterocycles. The molecule has 0 heterocycles. The highest BCUT2D eigenvalue weighted by molar-refractivity contribution is 6.31. The fourth-order valence-electron chi connectivity index (χ4n) is 1.90. The number of hydrogen-bond acceptors (Lipinski definition) is 3. The molecule has 1 atom stereocenters. The van der Waals surface area contributed by atoms with Crippen molar-refractivity contribution in [2.75, 3.05) is 31.2 Å². The Balaban J connectivity index is 2.40. The molecule has 0 bridgehead atoms. The minimum atomic E-state index is -0.0324. The number of amides is 1. The second-order valence-electron chi connectivity index (χ2n) is 5.31. The van der Waals surface area contributed by atoms with Gasteiger partial charge in [-0.1, -0.05) is 31.9 Å². The Morgan fingerprint density at radius 1 is 1.50 bits per heavy atom. The minimum absolute atomic E-state index is 0.0324. The first kappa shape index (κ1) is 16.8. The molecule has 0 aromatic heterocycles. The van der Waals surface area contributed by atoms with Crippen LogP contribution >= 0.6 is 11.6 Å². The Hall–Kier alpha value is -1.26. The summed E-state index contributed by atoms with van der Waals surface area (Å²) in [6, 6.07) is 5.06. The van der Waals surface area contributed by atoms with Crippen molar-refractivity contribution in [2.45, 2.75) is 26.7 Å². The molecule has 1 aromatic rings. The van der Waals surface area contributed by atoms with E-state index in [1.54, 1.807) is 18.2 Å². The van der Waals surface area contributed by atoms with E-state index in [0.29, 0.717) is 28.7 Å². The molecule has 4 nitrogen and oxygen atoms in total. The summed E-state index contributed by atoms with van der Waals surface area (Å²) >= 11 is 5.82. The molecular weight excluding hydrogens is 274 g/mol. The lowest BCUT2D eigenvalue weighted by molar-refractivity contribution is -0.116. The van der Waals surface area contributed by atoms with Crippen LogP contribution in [0.3, 0.4) is 0 Å². The molecule has 0 aliphatic heterocycles. The average Bonchev–Trinajstić information content (AvgIpc) is 2.39. The molecule has 0 aliphatic carbocycles. The lowest BCUT2D eigenvalue weighted by Crippen LogP contribution is -2.28. The van der Waals surface area contributed by atoms with Gasteiger partial charge < -0.3 is 16.0 Å². The van der Waals surface area contributed by atoms with Gasteiger partial charge in [-0.3, -0.25) is 4.79 Å². The standard InChI is InChI=1S/C15H24ClN3O/c1-4-11(2)10-19(3)8-7-15(20)18-14-6-5-12(16)9-13(14)17/h5-6,9,11H,4,7-8,10,17H2,1-3H3,(H,18,20). The number of nitrogens with zero attached hydrogens (tertiary/aromatic N) is 1. The number of nitrogen functional groups attached to an aromatic ring is 1. The summed E-state index contributed by atoms with van der Waals surface area (Å²) in [6.45, 7) is 6.13. The Morgan fingerprint density at radius 3 is 2.80 bits per heavy atom. The molecule has 1 aromatic carbocycles. The van der Waals surface area contributed by atoms with E-state index in [9.17, 15) is 4.79 Å². The maximum atomic E-state index is 11.9. The first-order valence-electron chi connectivity index (χ1n) is 6.95. The summed E-state index contributed by atoms with van der Waals surface area (Å²) in [4.78, 5) is 14.1. The number of benzene rings is 1. The molecule has 1 amide bonds. The van der Waals surface area contributed by atoms with Crippen molar-refractivity contribution in [3.05, 3.63) is 23.2 Å². The van der Waals surface area contributed by atoms with Crippen LogP contribution in [0, 0.1) is 5.92 Å². The smallest absolute Gasteiger partial charge is 0.225 e. The van der Waals surface area contributed by atoms with Crippen LogP contribution in [0.2, 0.25) is 5.02 Å². The van der Waals surface area contributed by atoms with Gasteiger partial charge in [-0.2, -0.15) is 0 Å². The quantitative estimate of drug-likeness (QED) is 0.760. The van der Waals surface area contributed by atoms with Gasteiger partial charge in [-0.05, 0) is 31.2 Å². The van der Waals surface area contributed by atoms with Crippen molar-refractivity contribution in [2.24, 2.45) is 5.92 Å². The van der Waals surface area contributed by atoms with Crippen LogP contribution in [-0.4, -0.2) is 30.9 Å². The van der Waals surface area contributed by atoms with Gasteiger partial charge in [0.2, 0.25) is 5.91 Å². The molecule has 1 rings (SSSR count). The summed E-state index contributed by atoms with van der Waals surface area (Å²) in [5.74, 6) is 0.616. The topological polar surface area (TPSA) is 58.4 Å². The second-order valence-corrected chi connectivity index (χ2v) is 5.74. The van der Waals surface area contributed by atoms with Crippen molar-refractivity contribution in [3.63, 3.8) is 0 Å². The number of nitrogens with two attached hydrogens (primary N) is 1. The van der Waals surface area contributed by atoms with Gasteiger partial charge in [0.1, 0.15) is 0 Å². The fraction of sp³-hybridized carbons (Fsp3) is 0.533. The van der Waals surface area contributed by atoms with E-state index in [1.165, 1.54) is 0 Å². The zero-order chi connectivity index (χ0) is 15.1. The normalized spacial score (nSPS) is 12.4.